The molecule has 3 saturated heterocycles. The first-order valence-corrected chi connectivity index (χ1v) is 14.7. The van der Waals surface area contributed by atoms with E-state index in [4.69, 9.17) is 15.2 Å². The van der Waals surface area contributed by atoms with Crippen LogP contribution in [0.2, 0.25) is 0 Å². The quantitative estimate of drug-likeness (QED) is 0.272. The van der Waals surface area contributed by atoms with E-state index < -0.39 is 52.3 Å². The average Bonchev–Trinajstić information content (AvgIpc) is 3.73. The summed E-state index contributed by atoms with van der Waals surface area (Å²) in [6, 6.07) is 2.42. The van der Waals surface area contributed by atoms with Gasteiger partial charge in [0.15, 0.2) is 10.9 Å². The monoisotopic (exact) mass is 624 g/mol. The molecule has 3 atom stereocenters. The van der Waals surface area contributed by atoms with Crippen LogP contribution in [0.5, 0.6) is 11.9 Å². The molecule has 8 nitrogen and oxygen atoms in total. The third kappa shape index (κ3) is 4.90. The minimum absolute atomic E-state index is 0.0230. The number of nitrogen functional groups attached to an aromatic ring is 1. The molecule has 3 aliphatic rings. The molecule has 5 heterocycles. The van der Waals surface area contributed by atoms with Crippen molar-refractivity contribution in [2.24, 2.45) is 0 Å². The van der Waals surface area contributed by atoms with E-state index in [1.165, 1.54) is 0 Å². The molecule has 0 amide bonds. The summed E-state index contributed by atoms with van der Waals surface area (Å²) in [5.74, 6) is -2.33. The van der Waals surface area contributed by atoms with Crippen molar-refractivity contribution in [1.82, 2.24) is 25.2 Å². The summed E-state index contributed by atoms with van der Waals surface area (Å²) >= 11 is 0.744. The zero-order chi connectivity index (χ0) is 30.1. The first kappa shape index (κ1) is 28.3. The summed E-state index contributed by atoms with van der Waals surface area (Å²) in [6.07, 6.45) is -4.07. The highest BCUT2D eigenvalue weighted by Crippen LogP contribution is 2.46. The molecule has 7 rings (SSSR count). The van der Waals surface area contributed by atoms with Gasteiger partial charge in [-0.1, -0.05) is 11.3 Å². The summed E-state index contributed by atoms with van der Waals surface area (Å²) in [6.45, 7) is 2.08. The van der Waals surface area contributed by atoms with Gasteiger partial charge in [0.1, 0.15) is 30.2 Å². The maximum atomic E-state index is 16.5. The summed E-state index contributed by atoms with van der Waals surface area (Å²) < 4.78 is 101. The van der Waals surface area contributed by atoms with E-state index in [-0.39, 0.29) is 57.8 Å². The fraction of sp³-hybridized carbons (Fsp3) is 0.464. The van der Waals surface area contributed by atoms with Crippen molar-refractivity contribution in [2.45, 2.75) is 49.7 Å². The Morgan fingerprint density at radius 3 is 2.77 bits per heavy atom. The largest absolute Gasteiger partial charge is 0.472 e. The summed E-state index contributed by atoms with van der Waals surface area (Å²) in [5.41, 5.74) is 2.03. The molecule has 43 heavy (non-hydrogen) atoms. The Balaban J connectivity index is 1.40. The van der Waals surface area contributed by atoms with E-state index in [1.807, 2.05) is 4.90 Å². The van der Waals surface area contributed by atoms with Gasteiger partial charge < -0.3 is 20.5 Å². The van der Waals surface area contributed by atoms with Crippen LogP contribution in [-0.4, -0.2) is 70.5 Å². The van der Waals surface area contributed by atoms with Crippen LogP contribution in [0.4, 0.5) is 31.5 Å². The van der Waals surface area contributed by atoms with Gasteiger partial charge in [0.2, 0.25) is 5.88 Å². The van der Waals surface area contributed by atoms with Crippen molar-refractivity contribution in [3.05, 3.63) is 35.4 Å². The Morgan fingerprint density at radius 2 is 2.00 bits per heavy atom. The van der Waals surface area contributed by atoms with Crippen LogP contribution in [0.15, 0.2) is 18.2 Å². The van der Waals surface area contributed by atoms with Gasteiger partial charge >= 0.3 is 12.2 Å². The van der Waals surface area contributed by atoms with E-state index in [2.05, 4.69) is 20.3 Å². The van der Waals surface area contributed by atoms with Crippen molar-refractivity contribution < 1.29 is 35.8 Å². The number of benzene rings is 2. The Bertz CT molecular complexity index is 1730. The lowest BCUT2D eigenvalue weighted by Crippen LogP contribution is -2.43. The molecule has 0 aliphatic carbocycles. The summed E-state index contributed by atoms with van der Waals surface area (Å²) in [4.78, 5) is 14.5. The Hall–Kier alpha value is -3.43. The number of hydrogen-bond acceptors (Lipinski definition) is 9. The second-order valence-corrected chi connectivity index (χ2v) is 12.3. The zero-order valence-electron chi connectivity index (χ0n) is 22.6. The lowest BCUT2D eigenvalue weighted by atomic mass is 9.95. The van der Waals surface area contributed by atoms with E-state index >= 15 is 4.39 Å². The van der Waals surface area contributed by atoms with Crippen molar-refractivity contribution in [2.75, 3.05) is 38.5 Å². The first-order valence-electron chi connectivity index (χ1n) is 13.9. The normalized spacial score (nSPS) is 24.3. The minimum Gasteiger partial charge on any atom is -0.472 e. The molecule has 0 radical (unpaired) electrons. The molecule has 4 aromatic rings. The fourth-order valence-electron chi connectivity index (χ4n) is 6.55. The van der Waals surface area contributed by atoms with Crippen LogP contribution >= 0.6 is 11.3 Å². The number of thiazole rings is 1. The predicted octanol–water partition coefficient (Wildman–Crippen LogP) is 5.48. The number of nitrogens with zero attached hydrogens (tertiary/aromatic N) is 4. The number of fused-ring (bicyclic) bond motifs is 3. The number of aromatic nitrogens is 3. The number of nitrogens with one attached hydrogen (secondary N) is 1. The maximum absolute atomic E-state index is 16.5. The highest BCUT2D eigenvalue weighted by atomic mass is 32.1. The number of halogens is 6. The van der Waals surface area contributed by atoms with Gasteiger partial charge in [-0.15, -0.1) is 0 Å². The third-order valence-corrected chi connectivity index (χ3v) is 9.38. The second-order valence-electron chi connectivity index (χ2n) is 11.2. The smallest absolute Gasteiger partial charge is 0.417 e. The second kappa shape index (κ2) is 10.3. The van der Waals surface area contributed by atoms with Crippen molar-refractivity contribution in [3.8, 4) is 23.0 Å². The molecule has 0 bridgehead atoms. The van der Waals surface area contributed by atoms with Crippen molar-refractivity contribution in [1.29, 1.82) is 0 Å². The van der Waals surface area contributed by atoms with Gasteiger partial charge in [-0.2, -0.15) is 23.1 Å². The maximum Gasteiger partial charge on any atom is 0.417 e. The topological polar surface area (TPSA) is 98.4 Å². The molecule has 0 saturated carbocycles. The molecular formula is C28H26F6N6O2S. The third-order valence-electron chi connectivity index (χ3n) is 8.49. The van der Waals surface area contributed by atoms with Crippen molar-refractivity contribution >= 4 is 37.6 Å². The lowest BCUT2D eigenvalue weighted by molar-refractivity contribution is -0.137. The number of nitrogens with two attached hydrogens (primary N) is 1. The molecule has 15 heteroatoms. The molecule has 3 aliphatic heterocycles. The first-order chi connectivity index (χ1) is 20.5. The highest BCUT2D eigenvalue weighted by Gasteiger charge is 2.49. The molecule has 2 aromatic carbocycles. The van der Waals surface area contributed by atoms with E-state index in [9.17, 15) is 22.0 Å². The molecule has 1 unspecified atom stereocenters. The zero-order valence-corrected chi connectivity index (χ0v) is 23.4. The highest BCUT2D eigenvalue weighted by molar-refractivity contribution is 7.22. The molecule has 2 aromatic heterocycles. The SMILES string of the molecule is Nc1nc2c(-c3c(C(F)(F)F)cc4c(O[C@@H]5CCNC5)nc(OCC56CCCN5C[C@H](F)C6)nc4c3F)ccc(F)c2s1. The summed E-state index contributed by atoms with van der Waals surface area (Å²) in [7, 11) is 0. The van der Waals surface area contributed by atoms with Gasteiger partial charge in [-0.25, -0.2) is 18.2 Å². The van der Waals surface area contributed by atoms with Crippen molar-refractivity contribution in [3.63, 3.8) is 0 Å². The lowest BCUT2D eigenvalue weighted by Gasteiger charge is -2.30. The number of anilines is 1. The molecule has 3 fully saturated rings. The standard InChI is InChI=1S/C28H26F6N6O2S/c29-13-9-27(5-1-7-40(27)11-13)12-41-26-38-21-16(24(39-26)42-14-4-6-36-10-14)8-17(28(32,33)34)19(20(21)31)15-2-3-18(30)23-22(15)37-25(35)43-23/h2-3,8,13-14,36H,1,4-7,9-12H2,(H2,35,37)/t13-,14-,27?/m1/s1. The number of ether oxygens (including phenoxy) is 2. The van der Waals surface area contributed by atoms with Gasteiger partial charge in [0.05, 0.1) is 26.7 Å². The van der Waals surface area contributed by atoms with Gasteiger partial charge in [0, 0.05) is 30.6 Å². The molecule has 3 N–H and O–H groups in total. The Kier molecular flexibility index (Phi) is 6.81. The predicted molar refractivity (Wildman–Crippen MR) is 148 cm³/mol. The summed E-state index contributed by atoms with van der Waals surface area (Å²) in [5, 5.41) is 2.72. The van der Waals surface area contributed by atoms with Crippen LogP contribution in [0.25, 0.3) is 32.2 Å². The van der Waals surface area contributed by atoms with Gasteiger partial charge in [0.25, 0.3) is 0 Å². The van der Waals surface area contributed by atoms with Gasteiger partial charge in [-0.05, 0) is 50.6 Å². The van der Waals surface area contributed by atoms with Crippen LogP contribution < -0.4 is 20.5 Å². The number of rotatable bonds is 6. The Morgan fingerprint density at radius 1 is 1.16 bits per heavy atom. The van der Waals surface area contributed by atoms with E-state index in [0.717, 1.165) is 42.5 Å². The minimum atomic E-state index is -5.02. The molecular weight excluding hydrogens is 598 g/mol. The number of hydrogen-bond donors (Lipinski definition) is 2. The number of alkyl halides is 4. The average molecular weight is 625 g/mol. The molecule has 228 valence electrons. The molecule has 0 spiro atoms. The fourth-order valence-corrected chi connectivity index (χ4v) is 7.31. The van der Waals surface area contributed by atoms with Crippen LogP contribution in [0, 0.1) is 11.6 Å². The van der Waals surface area contributed by atoms with Crippen LogP contribution in [0.3, 0.4) is 0 Å². The Labute approximate surface area is 245 Å². The van der Waals surface area contributed by atoms with E-state index in [0.29, 0.717) is 25.9 Å². The van der Waals surface area contributed by atoms with E-state index in [1.54, 1.807) is 0 Å². The van der Waals surface area contributed by atoms with Gasteiger partial charge in [-0.3, -0.25) is 4.90 Å². The van der Waals surface area contributed by atoms with Crippen LogP contribution in [0.1, 0.15) is 31.2 Å². The van der Waals surface area contributed by atoms with Crippen LogP contribution in [-0.2, 0) is 6.18 Å².